The normalized spacial score (nSPS) is 21.1. The van der Waals surface area contributed by atoms with E-state index in [1.807, 2.05) is 6.92 Å². The lowest BCUT2D eigenvalue weighted by atomic mass is 9.73. The van der Waals surface area contributed by atoms with E-state index in [0.717, 1.165) is 43.2 Å². The van der Waals surface area contributed by atoms with Crippen LogP contribution < -0.4 is 0 Å². The molecule has 0 saturated carbocycles. The SMILES string of the molecule is C=C(C)[C@@H]1CCC(C)=C[C@H]1c1c(O)cc(CCCCO)cc1O. The lowest BCUT2D eigenvalue weighted by Crippen LogP contribution is -2.17. The minimum atomic E-state index is -0.0206. The number of unbranched alkanes of at least 4 members (excludes halogenated alkanes) is 1. The molecule has 2 rings (SSSR count). The van der Waals surface area contributed by atoms with Gasteiger partial charge in [0.15, 0.2) is 0 Å². The van der Waals surface area contributed by atoms with E-state index in [4.69, 9.17) is 5.11 Å². The lowest BCUT2D eigenvalue weighted by molar-refractivity contribution is 0.284. The Labute approximate surface area is 139 Å². The van der Waals surface area contributed by atoms with Crippen LogP contribution in [0.15, 0.2) is 35.9 Å². The van der Waals surface area contributed by atoms with E-state index in [0.29, 0.717) is 5.56 Å². The van der Waals surface area contributed by atoms with Crippen LogP contribution in [0.25, 0.3) is 0 Å². The van der Waals surface area contributed by atoms with Crippen LogP contribution in [0.2, 0.25) is 0 Å². The second-order valence-electron chi connectivity index (χ2n) is 6.76. The second-order valence-corrected chi connectivity index (χ2v) is 6.76. The first-order valence-electron chi connectivity index (χ1n) is 8.42. The number of aromatic hydroxyl groups is 2. The van der Waals surface area contributed by atoms with Gasteiger partial charge in [-0.25, -0.2) is 0 Å². The number of phenolic OH excluding ortho intramolecular Hbond substituents is 2. The summed E-state index contributed by atoms with van der Waals surface area (Å²) in [5.41, 5.74) is 3.89. The molecule has 0 spiro atoms. The van der Waals surface area contributed by atoms with Crippen LogP contribution >= 0.6 is 0 Å². The Morgan fingerprint density at radius 3 is 2.43 bits per heavy atom. The highest BCUT2D eigenvalue weighted by Crippen LogP contribution is 2.46. The fourth-order valence-electron chi connectivity index (χ4n) is 3.51. The van der Waals surface area contributed by atoms with Crippen molar-refractivity contribution in [3.63, 3.8) is 0 Å². The van der Waals surface area contributed by atoms with Crippen LogP contribution in [0.1, 0.15) is 56.6 Å². The van der Waals surface area contributed by atoms with E-state index >= 15 is 0 Å². The molecule has 1 aromatic rings. The molecule has 0 unspecified atom stereocenters. The molecule has 126 valence electrons. The number of benzene rings is 1. The molecule has 0 bridgehead atoms. The first-order chi connectivity index (χ1) is 10.9. The number of allylic oxidation sites excluding steroid dienone is 3. The summed E-state index contributed by atoms with van der Waals surface area (Å²) in [6, 6.07) is 3.50. The number of aryl methyl sites for hydroxylation is 1. The van der Waals surface area contributed by atoms with Crippen molar-refractivity contribution >= 4 is 0 Å². The topological polar surface area (TPSA) is 60.7 Å². The monoisotopic (exact) mass is 316 g/mol. The Morgan fingerprint density at radius 2 is 1.87 bits per heavy atom. The van der Waals surface area contributed by atoms with Gasteiger partial charge in [-0.3, -0.25) is 0 Å². The molecule has 1 aliphatic carbocycles. The van der Waals surface area contributed by atoms with Crippen molar-refractivity contribution in [1.29, 1.82) is 0 Å². The zero-order valence-electron chi connectivity index (χ0n) is 14.2. The van der Waals surface area contributed by atoms with Crippen LogP contribution in [-0.4, -0.2) is 21.9 Å². The largest absolute Gasteiger partial charge is 0.507 e. The van der Waals surface area contributed by atoms with Gasteiger partial charge in [0.2, 0.25) is 0 Å². The smallest absolute Gasteiger partial charge is 0.123 e. The number of aliphatic hydroxyl groups excluding tert-OH is 1. The predicted molar refractivity (Wildman–Crippen MR) is 93.8 cm³/mol. The highest BCUT2D eigenvalue weighted by molar-refractivity contribution is 5.51. The van der Waals surface area contributed by atoms with Gasteiger partial charge in [0.05, 0.1) is 0 Å². The first-order valence-corrected chi connectivity index (χ1v) is 8.42. The van der Waals surface area contributed by atoms with Crippen molar-refractivity contribution in [2.45, 2.75) is 51.9 Å². The maximum atomic E-state index is 10.5. The average molecular weight is 316 g/mol. The van der Waals surface area contributed by atoms with E-state index in [-0.39, 0.29) is 29.9 Å². The van der Waals surface area contributed by atoms with Crippen molar-refractivity contribution in [3.8, 4) is 11.5 Å². The number of aliphatic hydroxyl groups is 1. The van der Waals surface area contributed by atoms with Crippen LogP contribution in [-0.2, 0) is 6.42 Å². The Kier molecular flexibility index (Phi) is 5.89. The third kappa shape index (κ3) is 4.17. The van der Waals surface area contributed by atoms with Crippen molar-refractivity contribution in [3.05, 3.63) is 47.1 Å². The minimum absolute atomic E-state index is 0.0206. The van der Waals surface area contributed by atoms with E-state index in [1.165, 1.54) is 5.57 Å². The molecular weight excluding hydrogens is 288 g/mol. The van der Waals surface area contributed by atoms with Gasteiger partial charge < -0.3 is 15.3 Å². The average Bonchev–Trinajstić information content (AvgIpc) is 2.46. The quantitative estimate of drug-likeness (QED) is 0.537. The van der Waals surface area contributed by atoms with Gasteiger partial charge in [-0.1, -0.05) is 23.8 Å². The highest BCUT2D eigenvalue weighted by Gasteiger charge is 2.29. The van der Waals surface area contributed by atoms with E-state index < -0.39 is 0 Å². The van der Waals surface area contributed by atoms with Crippen LogP contribution in [0.3, 0.4) is 0 Å². The van der Waals surface area contributed by atoms with Gasteiger partial charge >= 0.3 is 0 Å². The molecule has 0 radical (unpaired) electrons. The summed E-state index contributed by atoms with van der Waals surface area (Å²) in [6.45, 7) is 8.37. The standard InChI is InChI=1S/C20H28O3/c1-13(2)16-8-7-14(3)10-17(16)20-18(22)11-15(12-19(20)23)6-4-5-9-21/h10-12,16-17,21-23H,1,4-9H2,2-3H3/t16-,17+/m0/s1. The Morgan fingerprint density at radius 1 is 1.22 bits per heavy atom. The van der Waals surface area contributed by atoms with Crippen molar-refractivity contribution in [2.75, 3.05) is 6.61 Å². The number of phenols is 2. The number of hydrogen-bond acceptors (Lipinski definition) is 3. The maximum Gasteiger partial charge on any atom is 0.123 e. The summed E-state index contributed by atoms with van der Waals surface area (Å²) in [5, 5.41) is 29.9. The van der Waals surface area contributed by atoms with Crippen LogP contribution in [0.5, 0.6) is 11.5 Å². The minimum Gasteiger partial charge on any atom is -0.507 e. The zero-order chi connectivity index (χ0) is 17.0. The summed E-state index contributed by atoms with van der Waals surface area (Å²) in [7, 11) is 0. The Hall–Kier alpha value is -1.74. The third-order valence-corrected chi connectivity index (χ3v) is 4.78. The van der Waals surface area contributed by atoms with Crippen LogP contribution in [0, 0.1) is 5.92 Å². The third-order valence-electron chi connectivity index (χ3n) is 4.78. The second kappa shape index (κ2) is 7.69. The molecule has 1 aromatic carbocycles. The van der Waals surface area contributed by atoms with Gasteiger partial charge in [-0.15, -0.1) is 0 Å². The molecular formula is C20H28O3. The summed E-state index contributed by atoms with van der Waals surface area (Å²) < 4.78 is 0. The van der Waals surface area contributed by atoms with Gasteiger partial charge in [-0.2, -0.15) is 0 Å². The molecule has 0 saturated heterocycles. The van der Waals surface area contributed by atoms with Gasteiger partial charge in [-0.05, 0) is 69.6 Å². The highest BCUT2D eigenvalue weighted by atomic mass is 16.3. The van der Waals surface area contributed by atoms with Crippen molar-refractivity contribution in [2.24, 2.45) is 5.92 Å². The van der Waals surface area contributed by atoms with Gasteiger partial charge in [0.25, 0.3) is 0 Å². The number of rotatable bonds is 6. The molecule has 0 fully saturated rings. The molecule has 0 heterocycles. The molecule has 3 N–H and O–H groups in total. The molecule has 2 atom stereocenters. The van der Waals surface area contributed by atoms with Crippen molar-refractivity contribution < 1.29 is 15.3 Å². The summed E-state index contributed by atoms with van der Waals surface area (Å²) in [4.78, 5) is 0. The predicted octanol–water partition coefficient (Wildman–Crippen LogP) is 4.43. The molecule has 23 heavy (non-hydrogen) atoms. The zero-order valence-corrected chi connectivity index (χ0v) is 14.2. The number of hydrogen-bond donors (Lipinski definition) is 3. The Bertz CT molecular complexity index is 578. The fourth-order valence-corrected chi connectivity index (χ4v) is 3.51. The fraction of sp³-hybridized carbons (Fsp3) is 0.500. The van der Waals surface area contributed by atoms with Crippen LogP contribution in [0.4, 0.5) is 0 Å². The molecule has 0 amide bonds. The molecule has 0 aromatic heterocycles. The van der Waals surface area contributed by atoms with Gasteiger partial charge in [0.1, 0.15) is 11.5 Å². The van der Waals surface area contributed by atoms with Gasteiger partial charge in [0, 0.05) is 18.1 Å². The lowest BCUT2D eigenvalue weighted by Gasteiger charge is -2.31. The summed E-state index contributed by atoms with van der Waals surface area (Å²) in [5.74, 6) is 0.542. The molecule has 0 aliphatic heterocycles. The van der Waals surface area contributed by atoms with E-state index in [9.17, 15) is 10.2 Å². The van der Waals surface area contributed by atoms with E-state index in [1.54, 1.807) is 12.1 Å². The molecule has 1 aliphatic rings. The summed E-state index contributed by atoms with van der Waals surface area (Å²) >= 11 is 0. The maximum absolute atomic E-state index is 10.5. The molecule has 3 heteroatoms. The van der Waals surface area contributed by atoms with E-state index in [2.05, 4.69) is 19.6 Å². The van der Waals surface area contributed by atoms with Crippen molar-refractivity contribution in [1.82, 2.24) is 0 Å². The first kappa shape index (κ1) is 17.6. The Balaban J connectivity index is 2.34. The molecule has 3 nitrogen and oxygen atoms in total. The summed E-state index contributed by atoms with van der Waals surface area (Å²) in [6.07, 6.45) is 6.50.